The van der Waals surface area contributed by atoms with E-state index in [2.05, 4.69) is 21.2 Å². The number of nitrogens with one attached hydrogen (secondary N) is 1. The quantitative estimate of drug-likeness (QED) is 0.845. The van der Waals surface area contributed by atoms with E-state index in [0.717, 1.165) is 0 Å². The topological polar surface area (TPSA) is 49.4 Å². The molecule has 0 radical (unpaired) electrons. The Balaban J connectivity index is 0.00000180. The van der Waals surface area contributed by atoms with Crippen molar-refractivity contribution >= 4 is 50.0 Å². The van der Waals surface area contributed by atoms with Gasteiger partial charge < -0.3 is 5.32 Å². The molecule has 0 aliphatic carbocycles. The molecule has 0 unspecified atom stereocenters. The highest BCUT2D eigenvalue weighted by Gasteiger charge is 2.31. The minimum atomic E-state index is -3.54. The first-order valence-electron chi connectivity index (χ1n) is 5.60. The van der Waals surface area contributed by atoms with Crippen LogP contribution in [0, 0.1) is 0 Å². The van der Waals surface area contributed by atoms with Crippen molar-refractivity contribution in [3.63, 3.8) is 0 Å². The lowest BCUT2D eigenvalue weighted by Gasteiger charge is -2.31. The van der Waals surface area contributed by atoms with Crippen LogP contribution in [0.5, 0.6) is 0 Å². The lowest BCUT2D eigenvalue weighted by Crippen LogP contribution is -2.51. The summed E-state index contributed by atoms with van der Waals surface area (Å²) in [4.78, 5) is 0.153. The highest BCUT2D eigenvalue weighted by Crippen LogP contribution is 2.32. The number of halogens is 3. The number of nitrogens with zero attached hydrogens (tertiary/aromatic N) is 1. The van der Waals surface area contributed by atoms with Gasteiger partial charge in [-0.3, -0.25) is 0 Å². The first kappa shape index (κ1) is 17.2. The van der Waals surface area contributed by atoms with Gasteiger partial charge in [0, 0.05) is 30.1 Å². The number of sulfonamides is 1. The lowest BCUT2D eigenvalue weighted by atomic mass is 10.3. The van der Waals surface area contributed by atoms with E-state index in [4.69, 9.17) is 11.6 Å². The Kier molecular flexibility index (Phi) is 6.10. The number of benzene rings is 1. The molecule has 108 valence electrons. The molecule has 0 saturated carbocycles. The predicted octanol–water partition coefficient (Wildman–Crippen LogP) is 2.51. The highest BCUT2D eigenvalue weighted by atomic mass is 79.9. The molecule has 2 rings (SSSR count). The summed E-state index contributed by atoms with van der Waals surface area (Å²) in [5, 5.41) is 3.46. The summed E-state index contributed by atoms with van der Waals surface area (Å²) >= 11 is 9.28. The molecule has 8 heteroatoms. The Labute approximate surface area is 133 Å². The monoisotopic (exact) mass is 388 g/mol. The van der Waals surface area contributed by atoms with Crippen LogP contribution in [0.2, 0.25) is 5.02 Å². The Bertz CT molecular complexity index is 533. The molecule has 1 aliphatic heterocycles. The smallest absolute Gasteiger partial charge is 0.245 e. The van der Waals surface area contributed by atoms with Crippen molar-refractivity contribution in [3.8, 4) is 0 Å². The number of hydrogen-bond acceptors (Lipinski definition) is 3. The molecule has 1 N–H and O–H groups in total. The van der Waals surface area contributed by atoms with Gasteiger partial charge in [-0.05, 0) is 35.0 Å². The summed E-state index contributed by atoms with van der Waals surface area (Å²) in [6.45, 7) is 3.54. The van der Waals surface area contributed by atoms with Gasteiger partial charge in [-0.2, -0.15) is 4.31 Å². The maximum absolute atomic E-state index is 12.6. The van der Waals surface area contributed by atoms with Crippen LogP contribution in [0.15, 0.2) is 27.6 Å². The summed E-state index contributed by atoms with van der Waals surface area (Å²) in [5.41, 5.74) is 0. The Morgan fingerprint density at radius 2 is 2.16 bits per heavy atom. The van der Waals surface area contributed by atoms with Crippen molar-refractivity contribution in [3.05, 3.63) is 27.7 Å². The number of rotatable bonds is 2. The summed E-state index contributed by atoms with van der Waals surface area (Å²) < 4.78 is 27.1. The summed E-state index contributed by atoms with van der Waals surface area (Å²) in [7, 11) is -3.54. The largest absolute Gasteiger partial charge is 0.312 e. The van der Waals surface area contributed by atoms with Gasteiger partial charge in [0.2, 0.25) is 10.0 Å². The van der Waals surface area contributed by atoms with Crippen molar-refractivity contribution in [1.29, 1.82) is 0 Å². The summed E-state index contributed by atoms with van der Waals surface area (Å²) in [6, 6.07) is 5.14. The van der Waals surface area contributed by atoms with Crippen LogP contribution < -0.4 is 5.32 Å². The van der Waals surface area contributed by atoms with Gasteiger partial charge in [-0.25, -0.2) is 8.42 Å². The fourth-order valence-electron chi connectivity index (χ4n) is 1.97. The zero-order valence-corrected chi connectivity index (χ0v) is 14.2. The maximum atomic E-state index is 12.6. The third-order valence-corrected chi connectivity index (χ3v) is 6.17. The van der Waals surface area contributed by atoms with Gasteiger partial charge >= 0.3 is 0 Å². The molecule has 0 aromatic heterocycles. The SMILES string of the molecule is C[C@@H]1CN(S(=O)(=O)c2c(Cl)cccc2Br)CCN1.Cl. The van der Waals surface area contributed by atoms with Crippen LogP contribution in [0.4, 0.5) is 0 Å². The van der Waals surface area contributed by atoms with E-state index >= 15 is 0 Å². The molecule has 1 heterocycles. The highest BCUT2D eigenvalue weighted by molar-refractivity contribution is 9.10. The Hall–Kier alpha value is 0.150. The molecule has 19 heavy (non-hydrogen) atoms. The lowest BCUT2D eigenvalue weighted by molar-refractivity contribution is 0.310. The average Bonchev–Trinajstić information content (AvgIpc) is 2.28. The van der Waals surface area contributed by atoms with E-state index in [1.54, 1.807) is 18.2 Å². The standard InChI is InChI=1S/C11H14BrClN2O2S.ClH/c1-8-7-15(6-5-14-8)18(16,17)11-9(12)3-2-4-10(11)13;/h2-4,8,14H,5-7H2,1H3;1H/t8-;/m1./s1. The van der Waals surface area contributed by atoms with E-state index in [1.165, 1.54) is 4.31 Å². The van der Waals surface area contributed by atoms with E-state index in [-0.39, 0.29) is 28.4 Å². The zero-order valence-electron chi connectivity index (χ0n) is 10.3. The molecule has 0 bridgehead atoms. The summed E-state index contributed by atoms with van der Waals surface area (Å²) in [6.07, 6.45) is 0. The first-order chi connectivity index (χ1) is 8.43. The molecule has 1 aromatic carbocycles. The normalized spacial score (nSPS) is 20.9. The molecule has 1 aromatic rings. The van der Waals surface area contributed by atoms with Crippen LogP contribution in [0.1, 0.15) is 6.92 Å². The molecular formula is C11H15BrCl2N2O2S. The first-order valence-corrected chi connectivity index (χ1v) is 8.21. The molecule has 1 fully saturated rings. The van der Waals surface area contributed by atoms with Gasteiger partial charge in [0.05, 0.1) is 5.02 Å². The van der Waals surface area contributed by atoms with Crippen LogP contribution in [-0.4, -0.2) is 38.4 Å². The van der Waals surface area contributed by atoms with Gasteiger partial charge in [0.25, 0.3) is 0 Å². The minimum absolute atomic E-state index is 0. The van der Waals surface area contributed by atoms with Crippen molar-refractivity contribution in [2.45, 2.75) is 17.9 Å². The third-order valence-electron chi connectivity index (χ3n) is 2.85. The average molecular weight is 390 g/mol. The van der Waals surface area contributed by atoms with Crippen LogP contribution in [0.25, 0.3) is 0 Å². The second kappa shape index (κ2) is 6.74. The van der Waals surface area contributed by atoms with Gasteiger partial charge in [-0.15, -0.1) is 12.4 Å². The molecule has 1 atom stereocenters. The van der Waals surface area contributed by atoms with Gasteiger partial charge in [0.1, 0.15) is 4.90 Å². The Morgan fingerprint density at radius 3 is 2.74 bits per heavy atom. The van der Waals surface area contributed by atoms with Crippen LogP contribution in [-0.2, 0) is 10.0 Å². The van der Waals surface area contributed by atoms with E-state index in [9.17, 15) is 8.42 Å². The van der Waals surface area contributed by atoms with Crippen molar-refractivity contribution < 1.29 is 8.42 Å². The summed E-state index contributed by atoms with van der Waals surface area (Å²) in [5.74, 6) is 0. The van der Waals surface area contributed by atoms with Crippen molar-refractivity contribution in [2.24, 2.45) is 0 Å². The second-order valence-corrected chi connectivity index (χ2v) is 7.41. The second-order valence-electron chi connectivity index (χ2n) is 4.27. The number of hydrogen-bond donors (Lipinski definition) is 1. The molecule has 1 aliphatic rings. The molecule has 0 spiro atoms. The molecular weight excluding hydrogens is 375 g/mol. The van der Waals surface area contributed by atoms with Crippen LogP contribution >= 0.6 is 39.9 Å². The minimum Gasteiger partial charge on any atom is -0.312 e. The molecule has 1 saturated heterocycles. The Morgan fingerprint density at radius 1 is 1.47 bits per heavy atom. The third kappa shape index (κ3) is 3.62. The van der Waals surface area contributed by atoms with Gasteiger partial charge in [-0.1, -0.05) is 17.7 Å². The van der Waals surface area contributed by atoms with E-state index in [1.807, 2.05) is 6.92 Å². The van der Waals surface area contributed by atoms with E-state index < -0.39 is 10.0 Å². The predicted molar refractivity (Wildman–Crippen MR) is 82.6 cm³/mol. The van der Waals surface area contributed by atoms with Gasteiger partial charge in [0.15, 0.2) is 0 Å². The fourth-order valence-corrected chi connectivity index (χ4v) is 5.17. The maximum Gasteiger partial charge on any atom is 0.245 e. The van der Waals surface area contributed by atoms with E-state index in [0.29, 0.717) is 24.1 Å². The van der Waals surface area contributed by atoms with Crippen molar-refractivity contribution in [2.75, 3.05) is 19.6 Å². The number of piperazine rings is 1. The fraction of sp³-hybridized carbons (Fsp3) is 0.455. The molecule has 4 nitrogen and oxygen atoms in total. The van der Waals surface area contributed by atoms with Crippen LogP contribution in [0.3, 0.4) is 0 Å². The van der Waals surface area contributed by atoms with Crippen molar-refractivity contribution in [1.82, 2.24) is 9.62 Å². The zero-order chi connectivity index (χ0) is 13.3. The molecule has 0 amide bonds.